The fraction of sp³-hybridized carbons (Fsp3) is 0.951. The number of aliphatic hydroxyl groups excluding tert-OH is 1. The molecule has 0 rings (SSSR count). The van der Waals surface area contributed by atoms with E-state index in [-0.39, 0.29) is 31.3 Å². The lowest BCUT2D eigenvalue weighted by molar-refractivity contribution is -0.155. The minimum atomic E-state index is -0.215. The Labute approximate surface area is 298 Å². The Morgan fingerprint density at radius 1 is 0.521 bits per heavy atom. The van der Waals surface area contributed by atoms with Gasteiger partial charge >= 0.3 is 11.9 Å². The van der Waals surface area contributed by atoms with Gasteiger partial charge < -0.3 is 24.2 Å². The SMILES string of the molecule is CCCCCCCCCOC(=O)CCCCCN(CCO)CCCCCOCC(=O)OC(CCCCCCCC)CCCCCCCC. The number of unbranched alkanes of at least 4 members (excludes halogenated alkanes) is 20. The maximum Gasteiger partial charge on any atom is 0.332 e. The van der Waals surface area contributed by atoms with E-state index in [1.807, 2.05) is 0 Å². The van der Waals surface area contributed by atoms with E-state index in [4.69, 9.17) is 14.2 Å². The van der Waals surface area contributed by atoms with Gasteiger partial charge in [-0.3, -0.25) is 4.79 Å². The van der Waals surface area contributed by atoms with Gasteiger partial charge in [0.15, 0.2) is 0 Å². The van der Waals surface area contributed by atoms with Gasteiger partial charge in [-0.05, 0) is 77.3 Å². The lowest BCUT2D eigenvalue weighted by atomic mass is 10.0. The summed E-state index contributed by atoms with van der Waals surface area (Å²) in [6, 6.07) is 0. The molecule has 7 heteroatoms. The first-order chi connectivity index (χ1) is 23.6. The third-order valence-electron chi connectivity index (χ3n) is 9.32. The van der Waals surface area contributed by atoms with Crippen LogP contribution in [0.2, 0.25) is 0 Å². The molecule has 0 saturated carbocycles. The first-order valence-electron chi connectivity index (χ1n) is 20.8. The minimum Gasteiger partial charge on any atom is -0.466 e. The first kappa shape index (κ1) is 46.8. The lowest BCUT2D eigenvalue weighted by Crippen LogP contribution is -2.29. The Morgan fingerprint density at radius 2 is 0.979 bits per heavy atom. The summed E-state index contributed by atoms with van der Waals surface area (Å²) < 4.78 is 17.0. The van der Waals surface area contributed by atoms with Crippen molar-refractivity contribution in [2.45, 2.75) is 207 Å². The molecule has 0 aromatic carbocycles. The Kier molecular flexibility index (Phi) is 37.7. The van der Waals surface area contributed by atoms with Crippen LogP contribution in [0, 0.1) is 0 Å². The van der Waals surface area contributed by atoms with Crippen molar-refractivity contribution in [1.82, 2.24) is 4.90 Å². The molecule has 0 heterocycles. The third kappa shape index (κ3) is 34.7. The number of nitrogens with zero attached hydrogens (tertiary/aromatic N) is 1. The molecule has 0 radical (unpaired) electrons. The highest BCUT2D eigenvalue weighted by atomic mass is 16.6. The number of hydrogen-bond acceptors (Lipinski definition) is 7. The molecule has 48 heavy (non-hydrogen) atoms. The predicted octanol–water partition coefficient (Wildman–Crippen LogP) is 10.7. The minimum absolute atomic E-state index is 0.0319. The second-order valence-corrected chi connectivity index (χ2v) is 14.1. The quantitative estimate of drug-likeness (QED) is 0.0510. The molecule has 0 aliphatic carbocycles. The number of carbonyl (C=O) groups excluding carboxylic acids is 2. The normalized spacial score (nSPS) is 11.5. The molecule has 7 nitrogen and oxygen atoms in total. The Bertz CT molecular complexity index is 659. The van der Waals surface area contributed by atoms with Gasteiger partial charge in [-0.25, -0.2) is 4.79 Å². The fourth-order valence-corrected chi connectivity index (χ4v) is 6.23. The summed E-state index contributed by atoms with van der Waals surface area (Å²) >= 11 is 0. The molecule has 0 spiro atoms. The molecule has 0 fully saturated rings. The predicted molar refractivity (Wildman–Crippen MR) is 201 cm³/mol. The van der Waals surface area contributed by atoms with Crippen molar-refractivity contribution >= 4 is 11.9 Å². The molecule has 0 aromatic rings. The number of aliphatic hydroxyl groups is 1. The zero-order chi connectivity index (χ0) is 35.2. The Morgan fingerprint density at radius 3 is 1.52 bits per heavy atom. The second kappa shape index (κ2) is 38.6. The van der Waals surface area contributed by atoms with E-state index in [0.29, 0.717) is 26.2 Å². The van der Waals surface area contributed by atoms with Gasteiger partial charge in [-0.1, -0.05) is 130 Å². The number of hydrogen-bond donors (Lipinski definition) is 1. The summed E-state index contributed by atoms with van der Waals surface area (Å²) in [6.07, 6.45) is 32.0. The van der Waals surface area contributed by atoms with Crippen LogP contribution in [-0.2, 0) is 23.8 Å². The van der Waals surface area contributed by atoms with Crippen LogP contribution in [0.1, 0.15) is 201 Å². The van der Waals surface area contributed by atoms with Gasteiger partial charge in [0.1, 0.15) is 12.7 Å². The van der Waals surface area contributed by atoms with Crippen LogP contribution in [0.15, 0.2) is 0 Å². The molecule has 286 valence electrons. The maximum atomic E-state index is 12.5. The molecule has 0 aliphatic heterocycles. The smallest absolute Gasteiger partial charge is 0.332 e. The van der Waals surface area contributed by atoms with E-state index >= 15 is 0 Å². The van der Waals surface area contributed by atoms with Crippen molar-refractivity contribution in [3.63, 3.8) is 0 Å². The molecule has 0 amide bonds. The van der Waals surface area contributed by atoms with Crippen LogP contribution < -0.4 is 0 Å². The van der Waals surface area contributed by atoms with E-state index in [0.717, 1.165) is 90.1 Å². The molecule has 0 bridgehead atoms. The second-order valence-electron chi connectivity index (χ2n) is 14.1. The van der Waals surface area contributed by atoms with Crippen LogP contribution in [0.3, 0.4) is 0 Å². The van der Waals surface area contributed by atoms with Gasteiger partial charge in [0.25, 0.3) is 0 Å². The average Bonchev–Trinajstić information content (AvgIpc) is 3.08. The third-order valence-corrected chi connectivity index (χ3v) is 9.32. The van der Waals surface area contributed by atoms with Gasteiger partial charge in [-0.15, -0.1) is 0 Å². The average molecular weight is 684 g/mol. The van der Waals surface area contributed by atoms with Crippen molar-refractivity contribution in [2.24, 2.45) is 0 Å². The van der Waals surface area contributed by atoms with Gasteiger partial charge in [0, 0.05) is 19.6 Å². The monoisotopic (exact) mass is 684 g/mol. The largest absolute Gasteiger partial charge is 0.466 e. The van der Waals surface area contributed by atoms with Crippen LogP contribution in [0.5, 0.6) is 0 Å². The maximum absolute atomic E-state index is 12.5. The summed E-state index contributed by atoms with van der Waals surface area (Å²) in [5.74, 6) is -0.280. The molecular weight excluding hydrogens is 602 g/mol. The molecule has 1 N–H and O–H groups in total. The van der Waals surface area contributed by atoms with Crippen LogP contribution in [0.4, 0.5) is 0 Å². The number of esters is 2. The van der Waals surface area contributed by atoms with E-state index in [9.17, 15) is 14.7 Å². The fourth-order valence-electron chi connectivity index (χ4n) is 6.23. The number of rotatable bonds is 39. The van der Waals surface area contributed by atoms with E-state index in [2.05, 4.69) is 25.7 Å². The molecule has 0 unspecified atom stereocenters. The van der Waals surface area contributed by atoms with Crippen molar-refractivity contribution < 1.29 is 28.9 Å². The van der Waals surface area contributed by atoms with E-state index < -0.39 is 0 Å². The summed E-state index contributed by atoms with van der Waals surface area (Å²) in [4.78, 5) is 26.8. The van der Waals surface area contributed by atoms with Crippen molar-refractivity contribution in [1.29, 1.82) is 0 Å². The molecular formula is C41H81NO6. The zero-order valence-corrected chi connectivity index (χ0v) is 32.3. The molecule has 0 atom stereocenters. The molecule has 0 aliphatic rings. The Hall–Kier alpha value is -1.18. The first-order valence-corrected chi connectivity index (χ1v) is 20.8. The summed E-state index contributed by atoms with van der Waals surface area (Å²) in [7, 11) is 0. The summed E-state index contributed by atoms with van der Waals surface area (Å²) in [6.45, 7) is 10.6. The Balaban J connectivity index is 3.99. The topological polar surface area (TPSA) is 85.3 Å². The van der Waals surface area contributed by atoms with Crippen molar-refractivity contribution in [3.05, 3.63) is 0 Å². The highest BCUT2D eigenvalue weighted by Crippen LogP contribution is 2.17. The van der Waals surface area contributed by atoms with Crippen LogP contribution in [0.25, 0.3) is 0 Å². The highest BCUT2D eigenvalue weighted by Gasteiger charge is 2.15. The summed E-state index contributed by atoms with van der Waals surface area (Å²) in [5.41, 5.74) is 0. The summed E-state index contributed by atoms with van der Waals surface area (Å²) in [5, 5.41) is 9.49. The van der Waals surface area contributed by atoms with E-state index in [1.54, 1.807) is 0 Å². The van der Waals surface area contributed by atoms with Crippen LogP contribution in [-0.4, -0.2) is 74.1 Å². The zero-order valence-electron chi connectivity index (χ0n) is 32.3. The molecule has 0 saturated heterocycles. The number of ether oxygens (including phenoxy) is 3. The molecule has 0 aromatic heterocycles. The highest BCUT2D eigenvalue weighted by molar-refractivity contribution is 5.70. The van der Waals surface area contributed by atoms with Gasteiger partial charge in [0.2, 0.25) is 0 Å². The van der Waals surface area contributed by atoms with Crippen molar-refractivity contribution in [3.8, 4) is 0 Å². The standard InChI is InChI=1S/C41H81NO6/c1-4-7-10-13-16-19-28-37-47-40(44)31-24-20-25-32-42(34-35-43)33-26-21-27-36-46-38-41(45)48-39(29-22-17-14-11-8-5-2)30-23-18-15-12-9-6-3/h39,43H,4-38H2,1-3H3. The van der Waals surface area contributed by atoms with Gasteiger partial charge in [-0.2, -0.15) is 0 Å². The lowest BCUT2D eigenvalue weighted by Gasteiger charge is -2.21. The van der Waals surface area contributed by atoms with E-state index in [1.165, 1.54) is 96.3 Å². The number of carbonyl (C=O) groups is 2. The van der Waals surface area contributed by atoms with Crippen LogP contribution >= 0.6 is 0 Å². The van der Waals surface area contributed by atoms with Crippen molar-refractivity contribution in [2.75, 3.05) is 46.1 Å². The van der Waals surface area contributed by atoms with Gasteiger partial charge in [0.05, 0.1) is 13.2 Å².